The third-order valence-corrected chi connectivity index (χ3v) is 11.8. The molecule has 0 amide bonds. The number of rotatable bonds is 7. The summed E-state index contributed by atoms with van der Waals surface area (Å²) in [5.41, 5.74) is 0.252. The molecule has 192 valence electrons. The Hall–Kier alpha value is -0.160. The highest BCUT2D eigenvalue weighted by molar-refractivity contribution is 5.13. The highest BCUT2D eigenvalue weighted by atomic mass is 16.3. The van der Waals surface area contributed by atoms with Gasteiger partial charge in [0.25, 0.3) is 0 Å². The summed E-state index contributed by atoms with van der Waals surface area (Å²) in [4.78, 5) is 0. The van der Waals surface area contributed by atoms with Crippen LogP contribution in [0, 0.1) is 58.2 Å². The van der Waals surface area contributed by atoms with Crippen LogP contribution in [0.4, 0.5) is 0 Å². The summed E-state index contributed by atoms with van der Waals surface area (Å²) in [6.45, 7) is 12.1. The van der Waals surface area contributed by atoms with E-state index >= 15 is 0 Å². The quantitative estimate of drug-likeness (QED) is 0.426. The third-order valence-electron chi connectivity index (χ3n) is 11.8. The number of hydrogen-bond donors (Lipinski definition) is 4. The molecular formula is C29H52O4. The van der Waals surface area contributed by atoms with E-state index in [-0.39, 0.29) is 41.7 Å². The average molecular weight is 465 g/mol. The van der Waals surface area contributed by atoms with Crippen LogP contribution >= 0.6 is 0 Å². The molecule has 33 heavy (non-hydrogen) atoms. The van der Waals surface area contributed by atoms with Crippen molar-refractivity contribution in [3.05, 3.63) is 0 Å². The molecule has 4 fully saturated rings. The summed E-state index contributed by atoms with van der Waals surface area (Å²) < 4.78 is 0. The van der Waals surface area contributed by atoms with Gasteiger partial charge in [0, 0.05) is 6.61 Å². The Kier molecular flexibility index (Phi) is 7.63. The average Bonchev–Trinajstić information content (AvgIpc) is 3.03. The van der Waals surface area contributed by atoms with Gasteiger partial charge in [0.05, 0.1) is 18.3 Å². The molecule has 4 saturated carbocycles. The number of aliphatic hydroxyl groups excluding tert-OH is 4. The van der Waals surface area contributed by atoms with Crippen LogP contribution in [0.25, 0.3) is 0 Å². The summed E-state index contributed by atoms with van der Waals surface area (Å²) in [6, 6.07) is 0. The second kappa shape index (κ2) is 9.71. The van der Waals surface area contributed by atoms with Crippen LogP contribution in [0.2, 0.25) is 0 Å². The summed E-state index contributed by atoms with van der Waals surface area (Å²) in [5.74, 6) is 3.76. The Morgan fingerprint density at radius 3 is 2.15 bits per heavy atom. The minimum absolute atomic E-state index is 0.0983. The third kappa shape index (κ3) is 4.45. The van der Waals surface area contributed by atoms with Crippen molar-refractivity contribution >= 4 is 0 Å². The molecule has 12 atom stereocenters. The Balaban J connectivity index is 1.51. The van der Waals surface area contributed by atoms with Gasteiger partial charge in [-0.1, -0.05) is 41.0 Å². The molecule has 5 unspecified atom stereocenters. The van der Waals surface area contributed by atoms with Gasteiger partial charge in [0.15, 0.2) is 0 Å². The van der Waals surface area contributed by atoms with Gasteiger partial charge >= 0.3 is 0 Å². The van der Waals surface area contributed by atoms with E-state index in [2.05, 4.69) is 34.6 Å². The van der Waals surface area contributed by atoms with E-state index < -0.39 is 0 Å². The largest absolute Gasteiger partial charge is 0.396 e. The fourth-order valence-electron chi connectivity index (χ4n) is 9.93. The predicted octanol–water partition coefficient (Wildman–Crippen LogP) is 5.02. The first kappa shape index (κ1) is 25.9. The van der Waals surface area contributed by atoms with Crippen molar-refractivity contribution in [3.63, 3.8) is 0 Å². The molecule has 4 heteroatoms. The van der Waals surface area contributed by atoms with E-state index in [4.69, 9.17) is 0 Å². The summed E-state index contributed by atoms with van der Waals surface area (Å²) >= 11 is 0. The van der Waals surface area contributed by atoms with Crippen molar-refractivity contribution in [2.45, 2.75) is 117 Å². The van der Waals surface area contributed by atoms with E-state index in [1.807, 2.05) is 0 Å². The van der Waals surface area contributed by atoms with Crippen molar-refractivity contribution in [2.75, 3.05) is 6.61 Å². The van der Waals surface area contributed by atoms with E-state index in [1.165, 1.54) is 25.7 Å². The van der Waals surface area contributed by atoms with E-state index in [0.717, 1.165) is 38.5 Å². The molecule has 0 aromatic carbocycles. The SMILES string of the molecule is CC(C)[C@@H](CCO)CCC(C)[C@H]1C[C@@H](O)C2C3C[C@H](O)C4C[C@@H](O)CC[C@]4(C)C3CC[C@@]21C. The van der Waals surface area contributed by atoms with Crippen molar-refractivity contribution in [1.29, 1.82) is 0 Å². The maximum atomic E-state index is 11.5. The molecule has 4 rings (SSSR count). The highest BCUT2D eigenvalue weighted by Crippen LogP contribution is 2.68. The predicted molar refractivity (Wildman–Crippen MR) is 132 cm³/mol. The van der Waals surface area contributed by atoms with Gasteiger partial charge in [0.2, 0.25) is 0 Å². The van der Waals surface area contributed by atoms with Gasteiger partial charge in [-0.05, 0) is 116 Å². The van der Waals surface area contributed by atoms with E-state index in [9.17, 15) is 20.4 Å². The minimum Gasteiger partial charge on any atom is -0.396 e. The van der Waals surface area contributed by atoms with Crippen LogP contribution in [-0.4, -0.2) is 45.3 Å². The van der Waals surface area contributed by atoms with E-state index in [0.29, 0.717) is 41.4 Å². The maximum absolute atomic E-state index is 11.5. The van der Waals surface area contributed by atoms with Crippen LogP contribution in [0.3, 0.4) is 0 Å². The van der Waals surface area contributed by atoms with Gasteiger partial charge in [0.1, 0.15) is 0 Å². The molecule has 0 radical (unpaired) electrons. The van der Waals surface area contributed by atoms with Gasteiger partial charge in [-0.2, -0.15) is 0 Å². The lowest BCUT2D eigenvalue weighted by atomic mass is 9.43. The first-order chi connectivity index (χ1) is 15.5. The molecule has 0 aromatic rings. The second-order valence-corrected chi connectivity index (χ2v) is 13.7. The second-order valence-electron chi connectivity index (χ2n) is 13.7. The molecule has 4 N–H and O–H groups in total. The van der Waals surface area contributed by atoms with Crippen molar-refractivity contribution in [1.82, 2.24) is 0 Å². The summed E-state index contributed by atoms with van der Waals surface area (Å²) in [7, 11) is 0. The Morgan fingerprint density at radius 2 is 1.48 bits per heavy atom. The molecule has 4 aliphatic rings. The smallest absolute Gasteiger partial charge is 0.0579 e. The standard InChI is InChI=1S/C29H52O4/c1-17(2)19(10-13-30)7-6-18(3)23-16-26(33)27-21-15-25(32)24-14-20(31)8-11-28(24,4)22(21)9-12-29(23,27)5/h17-27,30-33H,6-16H2,1-5H3/t18?,19-,20+,21?,22?,23-,24?,25+,26-,27?,28-,29-/m1/s1. The Bertz CT molecular complexity index is 666. The van der Waals surface area contributed by atoms with Crippen LogP contribution in [-0.2, 0) is 0 Å². The Morgan fingerprint density at radius 1 is 0.788 bits per heavy atom. The van der Waals surface area contributed by atoms with Gasteiger partial charge in [-0.25, -0.2) is 0 Å². The summed E-state index contributed by atoms with van der Waals surface area (Å²) in [6.07, 6.45) is 9.12. The van der Waals surface area contributed by atoms with Crippen LogP contribution < -0.4 is 0 Å². The molecule has 0 bridgehead atoms. The fourth-order valence-corrected chi connectivity index (χ4v) is 9.93. The lowest BCUT2D eigenvalue weighted by molar-refractivity contribution is -0.181. The summed E-state index contributed by atoms with van der Waals surface area (Å²) in [5, 5.41) is 42.4. The zero-order valence-electron chi connectivity index (χ0n) is 21.9. The first-order valence-corrected chi connectivity index (χ1v) is 14.2. The molecular weight excluding hydrogens is 412 g/mol. The van der Waals surface area contributed by atoms with Crippen molar-refractivity contribution in [3.8, 4) is 0 Å². The highest BCUT2D eigenvalue weighted by Gasteiger charge is 2.64. The maximum Gasteiger partial charge on any atom is 0.0579 e. The van der Waals surface area contributed by atoms with Crippen molar-refractivity contribution < 1.29 is 20.4 Å². The molecule has 4 nitrogen and oxygen atoms in total. The van der Waals surface area contributed by atoms with Gasteiger partial charge in [-0.3, -0.25) is 0 Å². The molecule has 0 aliphatic heterocycles. The zero-order chi connectivity index (χ0) is 24.1. The monoisotopic (exact) mass is 464 g/mol. The molecule has 0 heterocycles. The normalized spacial score (nSPS) is 49.3. The van der Waals surface area contributed by atoms with Crippen LogP contribution in [0.15, 0.2) is 0 Å². The number of hydrogen-bond acceptors (Lipinski definition) is 4. The zero-order valence-corrected chi connectivity index (χ0v) is 21.9. The fraction of sp³-hybridized carbons (Fsp3) is 1.00. The molecule has 0 saturated heterocycles. The first-order valence-electron chi connectivity index (χ1n) is 14.2. The van der Waals surface area contributed by atoms with Gasteiger partial charge < -0.3 is 20.4 Å². The Labute approximate surface area is 202 Å². The lowest BCUT2D eigenvalue weighted by Crippen LogP contribution is -2.59. The molecule has 0 aromatic heterocycles. The molecule has 4 aliphatic carbocycles. The topological polar surface area (TPSA) is 80.9 Å². The van der Waals surface area contributed by atoms with Crippen LogP contribution in [0.1, 0.15) is 98.8 Å². The van der Waals surface area contributed by atoms with E-state index in [1.54, 1.807) is 0 Å². The number of fused-ring (bicyclic) bond motifs is 5. The van der Waals surface area contributed by atoms with Crippen molar-refractivity contribution in [2.24, 2.45) is 58.2 Å². The lowest BCUT2D eigenvalue weighted by Gasteiger charge is -2.62. The van der Waals surface area contributed by atoms with Crippen LogP contribution in [0.5, 0.6) is 0 Å². The molecule has 0 spiro atoms. The van der Waals surface area contributed by atoms with Gasteiger partial charge in [-0.15, -0.1) is 0 Å². The minimum atomic E-state index is -0.345. The number of aliphatic hydroxyl groups is 4.